The van der Waals surface area contributed by atoms with E-state index in [1.165, 1.54) is 142 Å². The maximum absolute atomic E-state index is 10.6. The summed E-state index contributed by atoms with van der Waals surface area (Å²) in [5.74, 6) is 4.67. The van der Waals surface area contributed by atoms with Crippen LogP contribution in [0.4, 0.5) is 0 Å². The van der Waals surface area contributed by atoms with E-state index in [-0.39, 0.29) is 11.9 Å². The number of esters is 2. The second kappa shape index (κ2) is 26.6. The predicted molar refractivity (Wildman–Crippen MR) is 188 cm³/mol. The molecule has 0 aromatic carbocycles. The van der Waals surface area contributed by atoms with E-state index in [0.29, 0.717) is 25.0 Å². The van der Waals surface area contributed by atoms with E-state index in [2.05, 4.69) is 52.0 Å². The fraction of sp³-hybridized carbons (Fsp3) is 0.850. The van der Waals surface area contributed by atoms with E-state index in [4.69, 9.17) is 9.47 Å². The van der Waals surface area contributed by atoms with Gasteiger partial charge in [0.25, 0.3) is 0 Å². The third-order valence-electron chi connectivity index (χ3n) is 9.58. The molecule has 0 aromatic rings. The summed E-state index contributed by atoms with van der Waals surface area (Å²) in [6.45, 7) is 12.9. The Kier molecular flexibility index (Phi) is 24.5. The zero-order chi connectivity index (χ0) is 32.4. The molecule has 0 spiro atoms. The van der Waals surface area contributed by atoms with Gasteiger partial charge in [0.15, 0.2) is 0 Å². The summed E-state index contributed by atoms with van der Waals surface area (Å²) < 4.78 is 9.92. The third-order valence-corrected chi connectivity index (χ3v) is 9.58. The molecular weight excluding hydrogens is 544 g/mol. The van der Waals surface area contributed by atoms with Crippen LogP contribution in [-0.4, -0.2) is 25.2 Å². The van der Waals surface area contributed by atoms with Crippen molar-refractivity contribution in [3.05, 3.63) is 24.3 Å². The molecule has 0 saturated heterocycles. The van der Waals surface area contributed by atoms with Crippen molar-refractivity contribution in [2.45, 2.75) is 170 Å². The van der Waals surface area contributed by atoms with Gasteiger partial charge in [-0.25, -0.2) is 0 Å². The summed E-state index contributed by atoms with van der Waals surface area (Å²) >= 11 is 0. The number of allylic oxidation sites excluding steroid dienone is 4. The summed E-state index contributed by atoms with van der Waals surface area (Å²) in [7, 11) is 0. The van der Waals surface area contributed by atoms with Gasteiger partial charge in [0.05, 0.1) is 13.2 Å². The van der Waals surface area contributed by atoms with Crippen LogP contribution in [0.5, 0.6) is 0 Å². The second-order valence-electron chi connectivity index (χ2n) is 14.4. The van der Waals surface area contributed by atoms with Crippen molar-refractivity contribution in [2.24, 2.45) is 35.5 Å². The van der Waals surface area contributed by atoms with Gasteiger partial charge in [-0.2, -0.15) is 0 Å². The van der Waals surface area contributed by atoms with Gasteiger partial charge in [-0.3, -0.25) is 9.59 Å². The van der Waals surface area contributed by atoms with Crippen molar-refractivity contribution < 1.29 is 19.1 Å². The van der Waals surface area contributed by atoms with Crippen molar-refractivity contribution in [3.63, 3.8) is 0 Å². The third kappa shape index (κ3) is 22.9. The molecule has 4 bridgehead atoms. The molecule has 4 rings (SSSR count). The molecule has 2 fully saturated rings. The molecule has 0 N–H and O–H groups in total. The maximum Gasteiger partial charge on any atom is 0.302 e. The number of ether oxygens (including phenoxy) is 2. The maximum atomic E-state index is 10.6. The first kappa shape index (κ1) is 40.4. The molecule has 44 heavy (non-hydrogen) atoms. The molecule has 4 aliphatic carbocycles. The lowest BCUT2D eigenvalue weighted by Gasteiger charge is -2.10. The van der Waals surface area contributed by atoms with Gasteiger partial charge in [0.2, 0.25) is 0 Å². The summed E-state index contributed by atoms with van der Waals surface area (Å²) in [5, 5.41) is 0. The zero-order valence-electron chi connectivity index (χ0n) is 30.0. The molecule has 256 valence electrons. The molecule has 0 radical (unpaired) electrons. The number of fused-ring (bicyclic) bond motifs is 4. The Hall–Kier alpha value is -1.58. The monoisotopic (exact) mass is 617 g/mol. The summed E-state index contributed by atoms with van der Waals surface area (Å²) in [6.07, 6.45) is 36.7. The average molecular weight is 617 g/mol. The first-order valence-electron chi connectivity index (χ1n) is 18.9. The molecule has 6 atom stereocenters. The highest BCUT2D eigenvalue weighted by molar-refractivity contribution is 5.66. The molecule has 0 aromatic heterocycles. The smallest absolute Gasteiger partial charge is 0.302 e. The number of carbonyl (C=O) groups is 2. The Balaban J connectivity index is 0.000000308. The van der Waals surface area contributed by atoms with E-state index in [1.807, 2.05) is 0 Å². The minimum absolute atomic E-state index is 0.162. The van der Waals surface area contributed by atoms with Crippen molar-refractivity contribution in [3.8, 4) is 0 Å². The lowest BCUT2D eigenvalue weighted by Crippen LogP contribution is -2.09. The van der Waals surface area contributed by atoms with Crippen LogP contribution in [0, 0.1) is 35.5 Å². The van der Waals surface area contributed by atoms with Crippen molar-refractivity contribution >= 4 is 11.9 Å². The van der Waals surface area contributed by atoms with Gasteiger partial charge in [-0.1, -0.05) is 129 Å². The fourth-order valence-corrected chi connectivity index (χ4v) is 6.67. The summed E-state index contributed by atoms with van der Waals surface area (Å²) in [6, 6.07) is 0. The molecule has 0 amide bonds. The highest BCUT2D eigenvalue weighted by Gasteiger charge is 2.26. The van der Waals surface area contributed by atoms with E-state index in [9.17, 15) is 9.59 Å². The van der Waals surface area contributed by atoms with E-state index in [1.54, 1.807) is 0 Å². The van der Waals surface area contributed by atoms with E-state index in [0.717, 1.165) is 23.7 Å². The molecular formula is C40H72O4. The van der Waals surface area contributed by atoms with Crippen molar-refractivity contribution in [1.82, 2.24) is 0 Å². The van der Waals surface area contributed by atoms with Crippen LogP contribution < -0.4 is 0 Å². The number of hydrogen-bond donors (Lipinski definition) is 0. The van der Waals surface area contributed by atoms with E-state index >= 15 is 0 Å². The standard InChI is InChI=1S/2C13H26O2.2C7H10/c2*1-4-5-6-7-8-9-10-12(2)11-15-13(3)14;2*1-2-7-4-3-6(1)5-7/h2*12H,4-11H2,1-3H3;2*1-2,6-7H,3-5H2. The van der Waals surface area contributed by atoms with Crippen molar-refractivity contribution in [2.75, 3.05) is 13.2 Å². The minimum atomic E-state index is -0.162. The van der Waals surface area contributed by atoms with Gasteiger partial charge in [0.1, 0.15) is 0 Å². The van der Waals surface area contributed by atoms with Crippen LogP contribution in [-0.2, 0) is 19.1 Å². The Morgan fingerprint density at radius 1 is 0.545 bits per heavy atom. The Morgan fingerprint density at radius 3 is 1.07 bits per heavy atom. The van der Waals surface area contributed by atoms with Gasteiger partial charge >= 0.3 is 11.9 Å². The van der Waals surface area contributed by atoms with Gasteiger partial charge < -0.3 is 9.47 Å². The van der Waals surface area contributed by atoms with Gasteiger partial charge in [-0.15, -0.1) is 0 Å². The normalized spacial score (nSPS) is 23.0. The highest BCUT2D eigenvalue weighted by Crippen LogP contribution is 2.38. The van der Waals surface area contributed by atoms with Crippen LogP contribution in [0.3, 0.4) is 0 Å². The quantitative estimate of drug-likeness (QED) is 0.0873. The topological polar surface area (TPSA) is 52.6 Å². The SMILES string of the molecule is C1=CC2CCC1C2.C1=CC2CCC1C2.CCCCCCCCC(C)COC(C)=O.CCCCCCCCC(C)COC(C)=O. The van der Waals surface area contributed by atoms with Crippen LogP contribution in [0.15, 0.2) is 24.3 Å². The number of hydrogen-bond acceptors (Lipinski definition) is 4. The predicted octanol–water partition coefficient (Wildman–Crippen LogP) is 11.8. The Bertz CT molecular complexity index is 683. The van der Waals surface area contributed by atoms with Crippen LogP contribution in [0.2, 0.25) is 0 Å². The second-order valence-corrected chi connectivity index (χ2v) is 14.4. The highest BCUT2D eigenvalue weighted by atomic mass is 16.5. The van der Waals surface area contributed by atoms with Gasteiger partial charge in [0, 0.05) is 13.8 Å². The number of unbranched alkanes of at least 4 members (excludes halogenated alkanes) is 10. The lowest BCUT2D eigenvalue weighted by atomic mass is 10.0. The van der Waals surface area contributed by atoms with Crippen LogP contribution >= 0.6 is 0 Å². The Labute approximate surface area is 273 Å². The molecule has 4 aliphatic rings. The van der Waals surface area contributed by atoms with Crippen LogP contribution in [0.25, 0.3) is 0 Å². The average Bonchev–Trinajstić information content (AvgIpc) is 3.84. The molecule has 6 unspecified atom stereocenters. The largest absolute Gasteiger partial charge is 0.466 e. The Morgan fingerprint density at radius 2 is 0.841 bits per heavy atom. The minimum Gasteiger partial charge on any atom is -0.466 e. The van der Waals surface area contributed by atoms with Crippen LogP contribution in [0.1, 0.15) is 170 Å². The van der Waals surface area contributed by atoms with Crippen molar-refractivity contribution in [1.29, 1.82) is 0 Å². The lowest BCUT2D eigenvalue weighted by molar-refractivity contribution is -0.143. The molecule has 2 saturated carbocycles. The van der Waals surface area contributed by atoms with Gasteiger partial charge in [-0.05, 0) is 86.9 Å². The first-order chi connectivity index (χ1) is 21.2. The fourth-order valence-electron chi connectivity index (χ4n) is 6.67. The number of carbonyl (C=O) groups excluding carboxylic acids is 2. The summed E-state index contributed by atoms with van der Waals surface area (Å²) in [4.78, 5) is 21.1. The van der Waals surface area contributed by atoms with E-state index < -0.39 is 0 Å². The molecule has 4 nitrogen and oxygen atoms in total. The molecule has 0 aliphatic heterocycles. The number of rotatable bonds is 18. The molecule has 0 heterocycles. The first-order valence-corrected chi connectivity index (χ1v) is 18.9. The summed E-state index contributed by atoms with van der Waals surface area (Å²) in [5.41, 5.74) is 0. The zero-order valence-corrected chi connectivity index (χ0v) is 30.0. The molecule has 4 heteroatoms.